The summed E-state index contributed by atoms with van der Waals surface area (Å²) in [5, 5.41) is 22.8. The first-order chi connectivity index (χ1) is 12.2. The molecule has 2 N–H and O–H groups in total. The van der Waals surface area contributed by atoms with Crippen molar-refractivity contribution in [1.82, 2.24) is 10.2 Å². The number of aliphatic hydroxyl groups excluding tert-OH is 1. The number of rotatable bonds is 6. The summed E-state index contributed by atoms with van der Waals surface area (Å²) in [5.41, 5.74) is 4.53. The maximum atomic E-state index is 10.4. The molecular formula is C21H25N3O. The van der Waals surface area contributed by atoms with Crippen molar-refractivity contribution in [2.24, 2.45) is 0 Å². The van der Waals surface area contributed by atoms with Crippen LogP contribution in [0, 0.1) is 11.3 Å². The molecule has 2 aromatic carbocycles. The van der Waals surface area contributed by atoms with Crippen molar-refractivity contribution in [3.05, 3.63) is 70.8 Å². The van der Waals surface area contributed by atoms with Gasteiger partial charge in [-0.05, 0) is 42.2 Å². The molecule has 2 atom stereocenters. The van der Waals surface area contributed by atoms with E-state index in [4.69, 9.17) is 5.26 Å². The van der Waals surface area contributed by atoms with Crippen LogP contribution in [0.5, 0.6) is 0 Å². The van der Waals surface area contributed by atoms with Gasteiger partial charge in [0.05, 0.1) is 17.7 Å². The SMILES string of the molecule is CC(NCC(O)CN1CCc2ccccc2C1)c1cccc(C#N)c1. The van der Waals surface area contributed by atoms with E-state index in [9.17, 15) is 5.11 Å². The third-order valence-corrected chi connectivity index (χ3v) is 4.85. The number of nitriles is 1. The largest absolute Gasteiger partial charge is 0.390 e. The Balaban J connectivity index is 1.48. The smallest absolute Gasteiger partial charge is 0.0991 e. The van der Waals surface area contributed by atoms with E-state index < -0.39 is 6.10 Å². The summed E-state index contributed by atoms with van der Waals surface area (Å²) in [7, 11) is 0. The number of β-amino-alcohol motifs (C(OH)–C–C–N with tert-alkyl or cyclic N) is 1. The van der Waals surface area contributed by atoms with E-state index >= 15 is 0 Å². The second kappa shape index (κ2) is 8.26. The molecule has 1 aliphatic rings. The Kier molecular flexibility index (Phi) is 5.83. The highest BCUT2D eigenvalue weighted by atomic mass is 16.3. The van der Waals surface area contributed by atoms with E-state index in [0.29, 0.717) is 18.7 Å². The molecule has 4 nitrogen and oxygen atoms in total. The molecule has 3 rings (SSSR count). The number of nitrogens with one attached hydrogen (secondary N) is 1. The summed E-state index contributed by atoms with van der Waals surface area (Å²) in [4.78, 5) is 2.32. The van der Waals surface area contributed by atoms with Crippen LogP contribution in [0.25, 0.3) is 0 Å². The molecule has 2 aromatic rings. The van der Waals surface area contributed by atoms with Crippen molar-refractivity contribution in [3.8, 4) is 6.07 Å². The molecule has 25 heavy (non-hydrogen) atoms. The summed E-state index contributed by atoms with van der Waals surface area (Å²) >= 11 is 0. The third kappa shape index (κ3) is 4.67. The molecule has 1 aliphatic heterocycles. The van der Waals surface area contributed by atoms with Gasteiger partial charge in [0.25, 0.3) is 0 Å². The second-order valence-corrected chi connectivity index (χ2v) is 6.77. The number of benzene rings is 2. The standard InChI is InChI=1S/C21H25N3O/c1-16(19-8-4-5-17(11-19)12-22)23-13-21(25)15-24-10-9-18-6-2-3-7-20(18)14-24/h2-8,11,16,21,23,25H,9-10,13-15H2,1H3. The lowest BCUT2D eigenvalue weighted by Crippen LogP contribution is -2.41. The molecule has 0 saturated heterocycles. The summed E-state index contributed by atoms with van der Waals surface area (Å²) in [6, 6.07) is 18.4. The van der Waals surface area contributed by atoms with Gasteiger partial charge in [0, 0.05) is 32.2 Å². The number of fused-ring (bicyclic) bond motifs is 1. The lowest BCUT2D eigenvalue weighted by atomic mass is 10.00. The van der Waals surface area contributed by atoms with Crippen LogP contribution in [0.15, 0.2) is 48.5 Å². The zero-order valence-corrected chi connectivity index (χ0v) is 14.7. The van der Waals surface area contributed by atoms with Gasteiger partial charge in [-0.25, -0.2) is 0 Å². The molecular weight excluding hydrogens is 310 g/mol. The Bertz CT molecular complexity index is 753. The number of hydrogen-bond donors (Lipinski definition) is 2. The Morgan fingerprint density at radius 1 is 1.20 bits per heavy atom. The van der Waals surface area contributed by atoms with E-state index in [1.165, 1.54) is 11.1 Å². The van der Waals surface area contributed by atoms with Crippen LogP contribution >= 0.6 is 0 Å². The molecule has 0 amide bonds. The highest BCUT2D eigenvalue weighted by molar-refractivity contribution is 5.34. The average Bonchev–Trinajstić information content (AvgIpc) is 2.66. The molecule has 130 valence electrons. The van der Waals surface area contributed by atoms with Gasteiger partial charge >= 0.3 is 0 Å². The molecule has 0 aliphatic carbocycles. The van der Waals surface area contributed by atoms with Crippen molar-refractivity contribution >= 4 is 0 Å². The van der Waals surface area contributed by atoms with Crippen LogP contribution in [-0.2, 0) is 13.0 Å². The molecule has 2 unspecified atom stereocenters. The minimum Gasteiger partial charge on any atom is -0.390 e. The summed E-state index contributed by atoms with van der Waals surface area (Å²) in [6.07, 6.45) is 0.639. The maximum absolute atomic E-state index is 10.4. The Hall–Kier alpha value is -2.19. The van der Waals surface area contributed by atoms with E-state index in [1.807, 2.05) is 18.2 Å². The highest BCUT2D eigenvalue weighted by Gasteiger charge is 2.18. The first-order valence-corrected chi connectivity index (χ1v) is 8.86. The van der Waals surface area contributed by atoms with Gasteiger partial charge in [-0.15, -0.1) is 0 Å². The van der Waals surface area contributed by atoms with Gasteiger partial charge in [-0.3, -0.25) is 4.90 Å². The van der Waals surface area contributed by atoms with Crippen molar-refractivity contribution in [2.75, 3.05) is 19.6 Å². The predicted molar refractivity (Wildman–Crippen MR) is 99.0 cm³/mol. The highest BCUT2D eigenvalue weighted by Crippen LogP contribution is 2.18. The van der Waals surface area contributed by atoms with Crippen LogP contribution in [0.1, 0.15) is 35.2 Å². The Morgan fingerprint density at radius 2 is 2.00 bits per heavy atom. The van der Waals surface area contributed by atoms with Gasteiger partial charge in [0.1, 0.15) is 0 Å². The van der Waals surface area contributed by atoms with Gasteiger partial charge in [0.2, 0.25) is 0 Å². The van der Waals surface area contributed by atoms with Crippen molar-refractivity contribution < 1.29 is 5.11 Å². The quantitative estimate of drug-likeness (QED) is 0.852. The number of nitrogens with zero attached hydrogens (tertiary/aromatic N) is 2. The zero-order chi connectivity index (χ0) is 17.6. The Labute approximate surface area is 149 Å². The van der Waals surface area contributed by atoms with Crippen molar-refractivity contribution in [2.45, 2.75) is 32.0 Å². The van der Waals surface area contributed by atoms with Gasteiger partial charge in [0.15, 0.2) is 0 Å². The maximum Gasteiger partial charge on any atom is 0.0991 e. The topological polar surface area (TPSA) is 59.3 Å². The second-order valence-electron chi connectivity index (χ2n) is 6.77. The van der Waals surface area contributed by atoms with Gasteiger partial charge in [-0.1, -0.05) is 36.4 Å². The predicted octanol–water partition coefficient (Wildman–Crippen LogP) is 2.63. The van der Waals surface area contributed by atoms with Crippen molar-refractivity contribution in [1.29, 1.82) is 5.26 Å². The summed E-state index contributed by atoms with van der Waals surface area (Å²) in [5.74, 6) is 0. The normalized spacial score (nSPS) is 16.7. The first-order valence-electron chi connectivity index (χ1n) is 8.86. The molecule has 0 bridgehead atoms. The van der Waals surface area contributed by atoms with Gasteiger partial charge < -0.3 is 10.4 Å². The van der Waals surface area contributed by atoms with Crippen LogP contribution in [0.2, 0.25) is 0 Å². The van der Waals surface area contributed by atoms with Crippen LogP contribution < -0.4 is 5.32 Å². The fraction of sp³-hybridized carbons (Fsp3) is 0.381. The summed E-state index contributed by atoms with van der Waals surface area (Å²) < 4.78 is 0. The molecule has 1 heterocycles. The van der Waals surface area contributed by atoms with Crippen LogP contribution in [0.4, 0.5) is 0 Å². The minimum atomic E-state index is -0.410. The van der Waals surface area contributed by atoms with E-state index in [0.717, 1.165) is 25.1 Å². The Morgan fingerprint density at radius 3 is 2.80 bits per heavy atom. The molecule has 0 fully saturated rings. The lowest BCUT2D eigenvalue weighted by molar-refractivity contribution is 0.102. The minimum absolute atomic E-state index is 0.102. The molecule has 0 radical (unpaired) electrons. The average molecular weight is 335 g/mol. The summed E-state index contributed by atoms with van der Waals surface area (Å²) in [6.45, 7) is 5.17. The fourth-order valence-electron chi connectivity index (χ4n) is 3.38. The van der Waals surface area contributed by atoms with Crippen LogP contribution in [-0.4, -0.2) is 35.7 Å². The number of aliphatic hydroxyl groups is 1. The lowest BCUT2D eigenvalue weighted by Gasteiger charge is -2.30. The van der Waals surface area contributed by atoms with E-state index in [2.05, 4.69) is 47.5 Å². The van der Waals surface area contributed by atoms with Crippen LogP contribution in [0.3, 0.4) is 0 Å². The monoisotopic (exact) mass is 335 g/mol. The molecule has 0 aromatic heterocycles. The first kappa shape index (κ1) is 17.6. The molecule has 0 saturated carbocycles. The van der Waals surface area contributed by atoms with E-state index in [-0.39, 0.29) is 6.04 Å². The van der Waals surface area contributed by atoms with Crippen molar-refractivity contribution in [3.63, 3.8) is 0 Å². The molecule has 4 heteroatoms. The zero-order valence-electron chi connectivity index (χ0n) is 14.7. The van der Waals surface area contributed by atoms with Gasteiger partial charge in [-0.2, -0.15) is 5.26 Å². The fourth-order valence-corrected chi connectivity index (χ4v) is 3.38. The third-order valence-electron chi connectivity index (χ3n) is 4.85. The van der Waals surface area contributed by atoms with E-state index in [1.54, 1.807) is 6.07 Å². The number of hydrogen-bond acceptors (Lipinski definition) is 4. The molecule has 0 spiro atoms.